The van der Waals surface area contributed by atoms with E-state index >= 15 is 0 Å². The van der Waals surface area contributed by atoms with Crippen LogP contribution >= 0.6 is 11.6 Å². The van der Waals surface area contributed by atoms with Crippen molar-refractivity contribution in [2.24, 2.45) is 0 Å². The maximum absolute atomic E-state index is 10.7. The molecule has 2 atom stereocenters. The van der Waals surface area contributed by atoms with Crippen molar-refractivity contribution in [3.05, 3.63) is 41.6 Å². The van der Waals surface area contributed by atoms with Crippen LogP contribution in [0.1, 0.15) is 42.7 Å². The van der Waals surface area contributed by atoms with Gasteiger partial charge in [0.15, 0.2) is 0 Å². The number of nitrogens with zero attached hydrogens (tertiary/aromatic N) is 1. The van der Waals surface area contributed by atoms with E-state index in [0.29, 0.717) is 6.47 Å². The Morgan fingerprint density at radius 1 is 1.38 bits per heavy atom. The summed E-state index contributed by atoms with van der Waals surface area (Å²) >= 11 is 6.57. The van der Waals surface area contributed by atoms with Gasteiger partial charge in [0.1, 0.15) is 6.10 Å². The topological polar surface area (TPSA) is 39.2 Å². The fourth-order valence-electron chi connectivity index (χ4n) is 2.53. The van der Waals surface area contributed by atoms with Gasteiger partial charge in [-0.2, -0.15) is 0 Å². The average molecular weight is 306 g/mol. The maximum atomic E-state index is 10.7. The van der Waals surface area contributed by atoms with E-state index in [1.807, 2.05) is 31.2 Å². The molecular formula is C17H20ClNO2. The van der Waals surface area contributed by atoms with Gasteiger partial charge in [-0.05, 0) is 37.0 Å². The van der Waals surface area contributed by atoms with E-state index in [1.165, 1.54) is 0 Å². The van der Waals surface area contributed by atoms with Crippen LogP contribution in [0.4, 0.5) is 0 Å². The molecule has 0 saturated carbocycles. The zero-order chi connectivity index (χ0) is 15.2. The predicted molar refractivity (Wildman–Crippen MR) is 85.5 cm³/mol. The summed E-state index contributed by atoms with van der Waals surface area (Å²) in [6, 6.07) is 7.96. The molecule has 0 fully saturated rings. The van der Waals surface area contributed by atoms with Gasteiger partial charge in [-0.15, -0.1) is 11.6 Å². The number of halogens is 1. The number of unbranched alkanes of at least 4 members (excludes halogenated alkanes) is 1. The molecule has 21 heavy (non-hydrogen) atoms. The van der Waals surface area contributed by atoms with Crippen LogP contribution < -0.4 is 0 Å². The molecule has 2 rings (SSSR count). The predicted octanol–water partition coefficient (Wildman–Crippen LogP) is 4.55. The summed E-state index contributed by atoms with van der Waals surface area (Å²) in [4.78, 5) is 15.2. The fraction of sp³-hybridized carbons (Fsp3) is 0.412. The number of hydrogen-bond donors (Lipinski definition) is 0. The SMILES string of the molecule is CCCCC(OC=O)C(Cl)c1cnc2ccccc2c1C. The Hall–Kier alpha value is -1.61. The van der Waals surface area contributed by atoms with Crippen molar-refractivity contribution < 1.29 is 9.53 Å². The molecule has 1 aromatic heterocycles. The standard InChI is InChI=1S/C17H20ClNO2/c1-3-4-9-16(21-11-20)17(18)14-10-19-15-8-6-5-7-13(15)12(14)2/h5-8,10-11,16-17H,3-4,9H2,1-2H3. The number of para-hydroxylation sites is 1. The van der Waals surface area contributed by atoms with Gasteiger partial charge in [0.25, 0.3) is 6.47 Å². The molecular weight excluding hydrogens is 286 g/mol. The Kier molecular flexibility index (Phi) is 5.57. The second-order valence-electron chi connectivity index (χ2n) is 5.17. The molecule has 2 aromatic rings. The van der Waals surface area contributed by atoms with Gasteiger partial charge in [-0.25, -0.2) is 0 Å². The van der Waals surface area contributed by atoms with Crippen molar-refractivity contribution in [1.29, 1.82) is 0 Å². The van der Waals surface area contributed by atoms with E-state index in [-0.39, 0.29) is 11.5 Å². The first-order chi connectivity index (χ1) is 10.2. The zero-order valence-corrected chi connectivity index (χ0v) is 13.1. The number of rotatable bonds is 7. The Morgan fingerprint density at radius 2 is 2.14 bits per heavy atom. The first-order valence-electron chi connectivity index (χ1n) is 7.26. The highest BCUT2D eigenvalue weighted by molar-refractivity contribution is 6.21. The first-order valence-corrected chi connectivity index (χ1v) is 7.70. The normalized spacial score (nSPS) is 13.9. The third-order valence-electron chi connectivity index (χ3n) is 3.78. The molecule has 112 valence electrons. The molecule has 0 aliphatic carbocycles. The van der Waals surface area contributed by atoms with Gasteiger partial charge >= 0.3 is 0 Å². The first kappa shape index (κ1) is 15.8. The number of benzene rings is 1. The second-order valence-corrected chi connectivity index (χ2v) is 5.64. The summed E-state index contributed by atoms with van der Waals surface area (Å²) in [7, 11) is 0. The van der Waals surface area contributed by atoms with Crippen molar-refractivity contribution in [2.45, 2.75) is 44.6 Å². The quantitative estimate of drug-likeness (QED) is 0.556. The number of aromatic nitrogens is 1. The number of pyridine rings is 1. The van der Waals surface area contributed by atoms with Crippen molar-refractivity contribution in [3.8, 4) is 0 Å². The maximum Gasteiger partial charge on any atom is 0.293 e. The van der Waals surface area contributed by atoms with Crippen LogP contribution in [-0.2, 0) is 9.53 Å². The smallest absolute Gasteiger partial charge is 0.293 e. The summed E-state index contributed by atoms with van der Waals surface area (Å²) < 4.78 is 5.19. The van der Waals surface area contributed by atoms with Crippen LogP contribution in [0.15, 0.2) is 30.5 Å². The molecule has 0 aliphatic rings. The third kappa shape index (κ3) is 3.53. The number of carbonyl (C=O) groups is 1. The number of ether oxygens (including phenoxy) is 1. The van der Waals surface area contributed by atoms with Crippen LogP contribution in [-0.4, -0.2) is 17.6 Å². The lowest BCUT2D eigenvalue weighted by Gasteiger charge is -2.22. The van der Waals surface area contributed by atoms with Gasteiger partial charge in [-0.1, -0.05) is 31.5 Å². The lowest BCUT2D eigenvalue weighted by Crippen LogP contribution is -2.19. The summed E-state index contributed by atoms with van der Waals surface area (Å²) in [5.41, 5.74) is 2.97. The highest BCUT2D eigenvalue weighted by atomic mass is 35.5. The van der Waals surface area contributed by atoms with Crippen LogP contribution in [0.2, 0.25) is 0 Å². The highest BCUT2D eigenvalue weighted by Gasteiger charge is 2.24. The molecule has 0 bridgehead atoms. The summed E-state index contributed by atoms with van der Waals surface area (Å²) in [6.07, 6.45) is 4.25. The van der Waals surface area contributed by atoms with Crippen LogP contribution in [0.3, 0.4) is 0 Å². The van der Waals surface area contributed by atoms with Crippen LogP contribution in [0.5, 0.6) is 0 Å². The molecule has 0 N–H and O–H groups in total. The Balaban J connectivity index is 2.34. The van der Waals surface area contributed by atoms with Crippen molar-refractivity contribution in [2.75, 3.05) is 0 Å². The lowest BCUT2D eigenvalue weighted by molar-refractivity contribution is -0.134. The van der Waals surface area contributed by atoms with Crippen molar-refractivity contribution in [3.63, 3.8) is 0 Å². The van der Waals surface area contributed by atoms with E-state index in [9.17, 15) is 4.79 Å². The van der Waals surface area contributed by atoms with E-state index in [4.69, 9.17) is 16.3 Å². The molecule has 1 heterocycles. The van der Waals surface area contributed by atoms with Crippen LogP contribution in [0, 0.1) is 6.92 Å². The van der Waals surface area contributed by atoms with Crippen molar-refractivity contribution in [1.82, 2.24) is 4.98 Å². The Bertz CT molecular complexity index is 615. The Morgan fingerprint density at radius 3 is 2.86 bits per heavy atom. The minimum absolute atomic E-state index is 0.314. The number of carbonyl (C=O) groups excluding carboxylic acids is 1. The van der Waals surface area contributed by atoms with Gasteiger partial charge in [0, 0.05) is 11.6 Å². The fourth-order valence-corrected chi connectivity index (χ4v) is 2.94. The number of hydrogen-bond acceptors (Lipinski definition) is 3. The van der Waals surface area contributed by atoms with E-state index < -0.39 is 0 Å². The number of alkyl halides is 1. The molecule has 0 radical (unpaired) electrons. The van der Waals surface area contributed by atoms with Crippen molar-refractivity contribution >= 4 is 29.0 Å². The van der Waals surface area contributed by atoms with Crippen LogP contribution in [0.25, 0.3) is 10.9 Å². The molecule has 1 aromatic carbocycles. The summed E-state index contributed by atoms with van der Waals surface area (Å²) in [5, 5.41) is 0.708. The minimum Gasteiger partial charge on any atom is -0.463 e. The second kappa shape index (κ2) is 7.41. The Labute approximate surface area is 130 Å². The minimum atomic E-state index is -0.376. The molecule has 3 nitrogen and oxygen atoms in total. The number of aryl methyl sites for hydroxylation is 1. The largest absolute Gasteiger partial charge is 0.463 e. The zero-order valence-electron chi connectivity index (χ0n) is 12.4. The number of fused-ring (bicyclic) bond motifs is 1. The van der Waals surface area contributed by atoms with E-state index in [2.05, 4.69) is 11.9 Å². The molecule has 2 unspecified atom stereocenters. The van der Waals surface area contributed by atoms with Gasteiger partial charge in [-0.3, -0.25) is 9.78 Å². The molecule has 0 amide bonds. The highest BCUT2D eigenvalue weighted by Crippen LogP contribution is 2.33. The van der Waals surface area contributed by atoms with Gasteiger partial charge in [0.05, 0.1) is 10.9 Å². The molecule has 0 saturated heterocycles. The molecule has 0 aliphatic heterocycles. The third-order valence-corrected chi connectivity index (χ3v) is 4.30. The summed E-state index contributed by atoms with van der Waals surface area (Å²) in [6.45, 7) is 4.62. The summed E-state index contributed by atoms with van der Waals surface area (Å²) in [5.74, 6) is 0. The lowest BCUT2D eigenvalue weighted by atomic mass is 9.98. The van der Waals surface area contributed by atoms with E-state index in [0.717, 1.165) is 41.3 Å². The molecule has 0 spiro atoms. The monoisotopic (exact) mass is 305 g/mol. The molecule has 4 heteroatoms. The average Bonchev–Trinajstić information content (AvgIpc) is 2.51. The van der Waals surface area contributed by atoms with Gasteiger partial charge < -0.3 is 4.74 Å². The van der Waals surface area contributed by atoms with Gasteiger partial charge in [0.2, 0.25) is 0 Å². The van der Waals surface area contributed by atoms with E-state index in [1.54, 1.807) is 6.20 Å².